The Morgan fingerprint density at radius 2 is 1.81 bits per heavy atom. The molecule has 1 aliphatic heterocycles. The Hall–Kier alpha value is -4.17. The van der Waals surface area contributed by atoms with Crippen molar-refractivity contribution in [1.82, 2.24) is 0 Å². The van der Waals surface area contributed by atoms with Crippen LogP contribution in [-0.4, -0.2) is 40.7 Å². The quantitative estimate of drug-likeness (QED) is 0.111. The van der Waals surface area contributed by atoms with Crippen molar-refractivity contribution in [1.29, 1.82) is 0 Å². The van der Waals surface area contributed by atoms with Crippen molar-refractivity contribution < 1.29 is 33.8 Å². The van der Waals surface area contributed by atoms with Crippen molar-refractivity contribution in [3.63, 3.8) is 0 Å². The lowest BCUT2D eigenvalue weighted by atomic mass is 10.1. The number of methoxy groups -OCH3 is 1. The zero-order chi connectivity index (χ0) is 30.4. The zero-order valence-electron chi connectivity index (χ0n) is 22.8. The number of carbonyl (C=O) groups is 2. The largest absolute Gasteiger partial charge is 0.506 e. The Bertz CT molecular complexity index is 1630. The number of aryl methyl sites for hydroxylation is 1. The molecule has 3 aromatic rings. The molecule has 1 amide bonds. The van der Waals surface area contributed by atoms with Crippen LogP contribution in [0.3, 0.4) is 0 Å². The molecule has 0 aromatic heterocycles. The van der Waals surface area contributed by atoms with Crippen molar-refractivity contribution in [3.05, 3.63) is 113 Å². The summed E-state index contributed by atoms with van der Waals surface area (Å²) in [5.41, 5.74) is 2.50. The number of hydrogen-bond donors (Lipinski definition) is 1. The van der Waals surface area contributed by atoms with E-state index < -0.39 is 16.8 Å². The normalized spacial score (nSPS) is 14.8. The fourth-order valence-corrected chi connectivity index (χ4v) is 5.62. The molecule has 0 radical (unpaired) electrons. The van der Waals surface area contributed by atoms with E-state index in [1.165, 1.54) is 19.2 Å². The van der Waals surface area contributed by atoms with Crippen LogP contribution in [-0.2, 0) is 16.1 Å². The lowest BCUT2D eigenvalue weighted by Crippen LogP contribution is -2.14. The smallest absolute Gasteiger partial charge is 0.344 e. The Morgan fingerprint density at radius 3 is 2.43 bits per heavy atom. The minimum absolute atomic E-state index is 0.00998. The summed E-state index contributed by atoms with van der Waals surface area (Å²) < 4.78 is 17.3. The van der Waals surface area contributed by atoms with Gasteiger partial charge in [0.15, 0.2) is 11.5 Å². The number of halogens is 1. The predicted octanol–water partition coefficient (Wildman–Crippen LogP) is 6.80. The molecule has 0 saturated heterocycles. The van der Waals surface area contributed by atoms with Crippen LogP contribution in [0.1, 0.15) is 34.0 Å². The fourth-order valence-electron chi connectivity index (χ4n) is 3.83. The second-order valence-electron chi connectivity index (χ2n) is 8.89. The minimum atomic E-state index is -0.788. The van der Waals surface area contributed by atoms with E-state index in [4.69, 9.17) is 14.2 Å². The Balaban J connectivity index is 1.63. The van der Waals surface area contributed by atoms with Gasteiger partial charge in [-0.05, 0) is 90.0 Å². The Morgan fingerprint density at radius 1 is 1.12 bits per heavy atom. The van der Waals surface area contributed by atoms with Crippen molar-refractivity contribution >= 4 is 63.0 Å². The zero-order valence-corrected chi connectivity index (χ0v) is 25.7. The van der Waals surface area contributed by atoms with Gasteiger partial charge < -0.3 is 19.3 Å². The Kier molecular flexibility index (Phi) is 10.0. The second-order valence-corrected chi connectivity index (χ2v) is 11.1. The van der Waals surface area contributed by atoms with Gasteiger partial charge in [0.25, 0.3) is 11.6 Å². The van der Waals surface area contributed by atoms with E-state index in [-0.39, 0.29) is 35.3 Å². The van der Waals surface area contributed by atoms with E-state index in [2.05, 4.69) is 27.6 Å². The van der Waals surface area contributed by atoms with Crippen molar-refractivity contribution in [2.75, 3.05) is 13.7 Å². The molecule has 1 N–H and O–H groups in total. The fraction of sp³-hybridized carbons (Fsp3) is 0.167. The lowest BCUT2D eigenvalue weighted by Gasteiger charge is -2.14. The van der Waals surface area contributed by atoms with E-state index in [0.717, 1.165) is 22.9 Å². The third-order valence-electron chi connectivity index (χ3n) is 5.95. The molecule has 0 bridgehead atoms. The summed E-state index contributed by atoms with van der Waals surface area (Å²) in [6.45, 7) is 3.77. The Labute approximate surface area is 259 Å². The highest BCUT2D eigenvalue weighted by molar-refractivity contribution is 14.1. The van der Waals surface area contributed by atoms with Gasteiger partial charge in [-0.2, -0.15) is 0 Å². The number of thioether (sulfide) groups is 1. The molecule has 0 saturated carbocycles. The number of aliphatic imine (C=N–C) groups is 1. The highest BCUT2D eigenvalue weighted by Crippen LogP contribution is 2.41. The molecule has 0 atom stereocenters. The van der Waals surface area contributed by atoms with E-state index >= 15 is 0 Å². The number of hydrogen-bond acceptors (Lipinski definition) is 9. The molecule has 0 fully saturated rings. The summed E-state index contributed by atoms with van der Waals surface area (Å²) in [6, 6.07) is 16.4. The number of amides is 1. The standard InChI is InChI=1S/C30H25IN2O8S/c1-4-40-30(36)25-26(34)24(42-29(25)32-28(35)20-9-5-17(2)6-10-20)15-19-13-22(31)27(23(14-19)39-3)41-16-18-7-11-21(12-8-18)33(37)38/h5-15,34H,4,16H2,1-3H3/b24-15-,32-29?. The summed E-state index contributed by atoms with van der Waals surface area (Å²) in [7, 11) is 1.49. The molecule has 12 heteroatoms. The van der Waals surface area contributed by atoms with E-state index in [9.17, 15) is 24.8 Å². The van der Waals surface area contributed by atoms with Gasteiger partial charge in [-0.3, -0.25) is 14.9 Å². The van der Waals surface area contributed by atoms with E-state index in [0.29, 0.717) is 31.1 Å². The van der Waals surface area contributed by atoms with Gasteiger partial charge >= 0.3 is 5.97 Å². The lowest BCUT2D eigenvalue weighted by molar-refractivity contribution is -0.384. The minimum Gasteiger partial charge on any atom is -0.506 e. The van der Waals surface area contributed by atoms with Gasteiger partial charge in [-0.15, -0.1) is 0 Å². The van der Waals surface area contributed by atoms with Gasteiger partial charge in [0.05, 0.1) is 27.1 Å². The van der Waals surface area contributed by atoms with Crippen LogP contribution in [0.5, 0.6) is 11.5 Å². The third kappa shape index (κ3) is 7.18. The first-order valence-electron chi connectivity index (χ1n) is 12.5. The van der Waals surface area contributed by atoms with Gasteiger partial charge in [0.1, 0.15) is 23.0 Å². The van der Waals surface area contributed by atoms with Crippen LogP contribution in [0, 0.1) is 20.6 Å². The van der Waals surface area contributed by atoms with E-state index in [1.807, 2.05) is 6.92 Å². The van der Waals surface area contributed by atoms with E-state index in [1.54, 1.807) is 61.5 Å². The molecular weight excluding hydrogens is 675 g/mol. The number of nitro benzene ring substituents is 1. The number of rotatable bonds is 9. The molecular formula is C30H25IN2O8S. The molecule has 1 heterocycles. The van der Waals surface area contributed by atoms with Crippen LogP contribution in [0.2, 0.25) is 0 Å². The molecule has 42 heavy (non-hydrogen) atoms. The average Bonchev–Trinajstić information content (AvgIpc) is 3.26. The maximum Gasteiger partial charge on any atom is 0.344 e. The maximum atomic E-state index is 12.8. The molecule has 0 aliphatic carbocycles. The van der Waals surface area contributed by atoms with Crippen LogP contribution < -0.4 is 9.47 Å². The van der Waals surface area contributed by atoms with Crippen molar-refractivity contribution in [2.24, 2.45) is 4.99 Å². The molecule has 1 aliphatic rings. The second kappa shape index (κ2) is 13.7. The summed E-state index contributed by atoms with van der Waals surface area (Å²) in [5, 5.41) is 21.9. The van der Waals surface area contributed by atoms with Crippen LogP contribution in [0.25, 0.3) is 6.08 Å². The number of nitrogens with zero attached hydrogens (tertiary/aromatic N) is 2. The first kappa shape index (κ1) is 30.8. The number of nitro groups is 1. The van der Waals surface area contributed by atoms with Gasteiger partial charge in [-0.25, -0.2) is 9.79 Å². The SMILES string of the molecule is CCOC(=O)C1=C(O)/C(=C/c2cc(I)c(OCc3ccc([N+](=O)[O-])cc3)c(OC)c2)SC1=NC(=O)c1ccc(C)cc1. The molecule has 0 spiro atoms. The monoisotopic (exact) mass is 700 g/mol. The van der Waals surface area contributed by atoms with Gasteiger partial charge in [0, 0.05) is 17.7 Å². The highest BCUT2D eigenvalue weighted by atomic mass is 127. The molecule has 216 valence electrons. The number of carbonyl (C=O) groups excluding carboxylic acids is 2. The number of non-ortho nitro benzene ring substituents is 1. The first-order chi connectivity index (χ1) is 20.1. The third-order valence-corrected chi connectivity index (χ3v) is 7.77. The molecule has 0 unspecified atom stereocenters. The predicted molar refractivity (Wildman–Crippen MR) is 168 cm³/mol. The number of aliphatic hydroxyl groups is 1. The van der Waals surface area contributed by atoms with Crippen LogP contribution >= 0.6 is 34.4 Å². The number of benzene rings is 3. The number of esters is 1. The van der Waals surface area contributed by atoms with Crippen molar-refractivity contribution in [3.8, 4) is 11.5 Å². The molecule has 3 aromatic carbocycles. The van der Waals surface area contributed by atoms with Gasteiger partial charge in [-0.1, -0.05) is 29.5 Å². The van der Waals surface area contributed by atoms with Crippen molar-refractivity contribution in [2.45, 2.75) is 20.5 Å². The summed E-state index contributed by atoms with van der Waals surface area (Å²) >= 11 is 3.07. The topological polar surface area (TPSA) is 138 Å². The average molecular weight is 701 g/mol. The highest BCUT2D eigenvalue weighted by Gasteiger charge is 2.34. The molecule has 4 rings (SSSR count). The van der Waals surface area contributed by atoms with Crippen LogP contribution in [0.15, 0.2) is 81.9 Å². The summed E-state index contributed by atoms with van der Waals surface area (Å²) in [4.78, 5) is 40.4. The number of ether oxygens (including phenoxy) is 3. The van der Waals surface area contributed by atoms with Crippen LogP contribution in [0.4, 0.5) is 5.69 Å². The number of aliphatic hydroxyl groups excluding tert-OH is 1. The van der Waals surface area contributed by atoms with Gasteiger partial charge in [0.2, 0.25) is 0 Å². The maximum absolute atomic E-state index is 12.8. The summed E-state index contributed by atoms with van der Waals surface area (Å²) in [5.74, 6) is -0.809. The first-order valence-corrected chi connectivity index (χ1v) is 14.4. The summed E-state index contributed by atoms with van der Waals surface area (Å²) in [6.07, 6.45) is 1.64. The molecule has 10 nitrogen and oxygen atoms in total.